The summed E-state index contributed by atoms with van der Waals surface area (Å²) in [5.74, 6) is 0.477. The zero-order chi connectivity index (χ0) is 12.8. The molecule has 1 amide bonds. The molecule has 0 radical (unpaired) electrons. The summed E-state index contributed by atoms with van der Waals surface area (Å²) < 4.78 is 0. The zero-order valence-corrected chi connectivity index (χ0v) is 10.9. The molecule has 94 valence electrons. The van der Waals surface area contributed by atoms with Crippen LogP contribution in [0.5, 0.6) is 0 Å². The molecular formula is C14H22N2O. The van der Waals surface area contributed by atoms with Gasteiger partial charge in [-0.3, -0.25) is 4.79 Å². The molecular weight excluding hydrogens is 212 g/mol. The van der Waals surface area contributed by atoms with Gasteiger partial charge in [-0.1, -0.05) is 38.5 Å². The Morgan fingerprint density at radius 3 is 2.59 bits per heavy atom. The van der Waals surface area contributed by atoms with Gasteiger partial charge in [0.2, 0.25) is 5.91 Å². The predicted octanol–water partition coefficient (Wildman–Crippen LogP) is 3.08. The zero-order valence-electron chi connectivity index (χ0n) is 10.9. The van der Waals surface area contributed by atoms with Crippen molar-refractivity contribution in [3.05, 3.63) is 29.8 Å². The third-order valence-corrected chi connectivity index (χ3v) is 2.96. The van der Waals surface area contributed by atoms with E-state index in [0.29, 0.717) is 12.3 Å². The van der Waals surface area contributed by atoms with Crippen LogP contribution in [0.15, 0.2) is 24.3 Å². The van der Waals surface area contributed by atoms with Gasteiger partial charge in [0, 0.05) is 18.2 Å². The monoisotopic (exact) mass is 234 g/mol. The molecule has 17 heavy (non-hydrogen) atoms. The lowest BCUT2D eigenvalue weighted by Crippen LogP contribution is -2.17. The molecule has 3 heteroatoms. The first-order chi connectivity index (χ1) is 8.04. The number of hydrogen-bond donors (Lipinski definition) is 2. The van der Waals surface area contributed by atoms with Crippen molar-refractivity contribution in [3.63, 3.8) is 0 Å². The van der Waals surface area contributed by atoms with Crippen LogP contribution < -0.4 is 11.1 Å². The average molecular weight is 234 g/mol. The smallest absolute Gasteiger partial charge is 0.224 e. The summed E-state index contributed by atoms with van der Waals surface area (Å²) >= 11 is 0. The lowest BCUT2D eigenvalue weighted by atomic mass is 10.0. The first-order valence-electron chi connectivity index (χ1n) is 6.19. The minimum Gasteiger partial charge on any atom is -0.326 e. The molecule has 1 aromatic carbocycles. The molecule has 0 aliphatic rings. The van der Waals surface area contributed by atoms with Gasteiger partial charge in [-0.25, -0.2) is 0 Å². The molecule has 2 atom stereocenters. The molecule has 1 aromatic rings. The molecule has 0 saturated heterocycles. The Morgan fingerprint density at radius 2 is 2.00 bits per heavy atom. The lowest BCUT2D eigenvalue weighted by Gasteiger charge is -2.14. The highest BCUT2D eigenvalue weighted by Gasteiger charge is 2.11. The summed E-state index contributed by atoms with van der Waals surface area (Å²) in [6, 6.07) is 7.61. The van der Waals surface area contributed by atoms with Crippen molar-refractivity contribution in [1.29, 1.82) is 0 Å². The molecule has 0 spiro atoms. The first kappa shape index (κ1) is 13.7. The van der Waals surface area contributed by atoms with E-state index in [9.17, 15) is 4.79 Å². The van der Waals surface area contributed by atoms with Crippen LogP contribution in [0.4, 0.5) is 5.69 Å². The normalized spacial score (nSPS) is 14.1. The van der Waals surface area contributed by atoms with Gasteiger partial charge in [-0.15, -0.1) is 0 Å². The van der Waals surface area contributed by atoms with Crippen molar-refractivity contribution < 1.29 is 4.79 Å². The molecule has 0 saturated carbocycles. The van der Waals surface area contributed by atoms with Crippen molar-refractivity contribution in [2.75, 3.05) is 5.32 Å². The van der Waals surface area contributed by atoms with E-state index in [0.717, 1.165) is 17.7 Å². The Bertz CT molecular complexity index is 374. The van der Waals surface area contributed by atoms with Crippen LogP contribution in [0.2, 0.25) is 0 Å². The number of hydrogen-bond acceptors (Lipinski definition) is 2. The van der Waals surface area contributed by atoms with Gasteiger partial charge in [-0.2, -0.15) is 0 Å². The van der Waals surface area contributed by atoms with E-state index in [1.54, 1.807) is 0 Å². The summed E-state index contributed by atoms with van der Waals surface area (Å²) in [6.07, 6.45) is 1.58. The van der Waals surface area contributed by atoms with Gasteiger partial charge >= 0.3 is 0 Å². The second-order valence-electron chi connectivity index (χ2n) is 4.64. The van der Waals surface area contributed by atoms with Crippen LogP contribution in [0.1, 0.15) is 45.2 Å². The van der Waals surface area contributed by atoms with Crippen LogP contribution >= 0.6 is 0 Å². The number of anilines is 1. The topological polar surface area (TPSA) is 55.1 Å². The van der Waals surface area contributed by atoms with Gasteiger partial charge in [-0.05, 0) is 24.5 Å². The molecule has 1 rings (SSSR count). The number of para-hydroxylation sites is 1. The second kappa shape index (κ2) is 6.40. The number of carbonyl (C=O) groups excluding carboxylic acids is 1. The SMILES string of the molecule is CCC(C)CC(=O)Nc1ccccc1C(C)N. The number of nitrogens with two attached hydrogens (primary N) is 1. The fraction of sp³-hybridized carbons (Fsp3) is 0.500. The Hall–Kier alpha value is -1.35. The van der Waals surface area contributed by atoms with E-state index in [4.69, 9.17) is 5.73 Å². The molecule has 0 fully saturated rings. The van der Waals surface area contributed by atoms with E-state index in [2.05, 4.69) is 19.2 Å². The van der Waals surface area contributed by atoms with Gasteiger partial charge < -0.3 is 11.1 Å². The number of benzene rings is 1. The quantitative estimate of drug-likeness (QED) is 0.822. The van der Waals surface area contributed by atoms with Crippen LogP contribution in [0, 0.1) is 5.92 Å². The van der Waals surface area contributed by atoms with Crippen molar-refractivity contribution in [2.45, 2.75) is 39.7 Å². The molecule has 0 bridgehead atoms. The van der Waals surface area contributed by atoms with E-state index >= 15 is 0 Å². The Balaban J connectivity index is 2.71. The standard InChI is InChI=1S/C14H22N2O/c1-4-10(2)9-14(17)16-13-8-6-5-7-12(13)11(3)15/h5-8,10-11H,4,9,15H2,1-3H3,(H,16,17). The summed E-state index contributed by atoms with van der Waals surface area (Å²) in [5.41, 5.74) is 7.67. The lowest BCUT2D eigenvalue weighted by molar-refractivity contribution is -0.117. The van der Waals surface area contributed by atoms with E-state index in [-0.39, 0.29) is 11.9 Å². The van der Waals surface area contributed by atoms with Gasteiger partial charge in [0.25, 0.3) is 0 Å². The minimum absolute atomic E-state index is 0.0625. The third kappa shape index (κ3) is 4.19. The largest absolute Gasteiger partial charge is 0.326 e. The first-order valence-corrected chi connectivity index (χ1v) is 6.19. The predicted molar refractivity (Wildman–Crippen MR) is 71.7 cm³/mol. The summed E-state index contributed by atoms with van der Waals surface area (Å²) in [6.45, 7) is 6.09. The Morgan fingerprint density at radius 1 is 1.35 bits per heavy atom. The van der Waals surface area contributed by atoms with Gasteiger partial charge in [0.15, 0.2) is 0 Å². The highest BCUT2D eigenvalue weighted by Crippen LogP contribution is 2.21. The van der Waals surface area contributed by atoms with E-state index in [1.807, 2.05) is 31.2 Å². The van der Waals surface area contributed by atoms with E-state index in [1.165, 1.54) is 0 Å². The third-order valence-electron chi connectivity index (χ3n) is 2.96. The number of rotatable bonds is 5. The highest BCUT2D eigenvalue weighted by molar-refractivity contribution is 5.91. The number of carbonyl (C=O) groups is 1. The number of amides is 1. The molecule has 0 aromatic heterocycles. The highest BCUT2D eigenvalue weighted by atomic mass is 16.1. The molecule has 3 nitrogen and oxygen atoms in total. The van der Waals surface area contributed by atoms with Crippen molar-refractivity contribution in [1.82, 2.24) is 0 Å². The molecule has 0 heterocycles. The summed E-state index contributed by atoms with van der Waals surface area (Å²) in [5, 5.41) is 2.94. The minimum atomic E-state index is -0.0740. The van der Waals surface area contributed by atoms with Crippen molar-refractivity contribution >= 4 is 11.6 Å². The maximum atomic E-state index is 11.8. The maximum absolute atomic E-state index is 11.8. The summed E-state index contributed by atoms with van der Waals surface area (Å²) in [4.78, 5) is 11.8. The molecule has 2 unspecified atom stereocenters. The molecule has 0 aliphatic carbocycles. The van der Waals surface area contributed by atoms with Crippen molar-refractivity contribution in [2.24, 2.45) is 11.7 Å². The van der Waals surface area contributed by atoms with Crippen LogP contribution in [0.25, 0.3) is 0 Å². The van der Waals surface area contributed by atoms with Crippen LogP contribution in [0.3, 0.4) is 0 Å². The second-order valence-corrected chi connectivity index (χ2v) is 4.64. The molecule has 3 N–H and O–H groups in total. The molecule has 0 aliphatic heterocycles. The van der Waals surface area contributed by atoms with Gasteiger partial charge in [0.1, 0.15) is 0 Å². The van der Waals surface area contributed by atoms with Crippen LogP contribution in [-0.4, -0.2) is 5.91 Å². The van der Waals surface area contributed by atoms with Crippen LogP contribution in [-0.2, 0) is 4.79 Å². The fourth-order valence-corrected chi connectivity index (χ4v) is 1.67. The van der Waals surface area contributed by atoms with E-state index < -0.39 is 0 Å². The van der Waals surface area contributed by atoms with Crippen molar-refractivity contribution in [3.8, 4) is 0 Å². The van der Waals surface area contributed by atoms with Gasteiger partial charge in [0.05, 0.1) is 0 Å². The summed E-state index contributed by atoms with van der Waals surface area (Å²) in [7, 11) is 0. The number of nitrogens with one attached hydrogen (secondary N) is 1. The Kier molecular flexibility index (Phi) is 5.16. The fourth-order valence-electron chi connectivity index (χ4n) is 1.67. The maximum Gasteiger partial charge on any atom is 0.224 e. The Labute approximate surface area is 103 Å². The average Bonchev–Trinajstić information content (AvgIpc) is 2.29.